The Morgan fingerprint density at radius 2 is 1.86 bits per heavy atom. The molecule has 7 heteroatoms. The van der Waals surface area contributed by atoms with E-state index < -0.39 is 11.2 Å². The number of nitriles is 1. The van der Waals surface area contributed by atoms with E-state index in [1.165, 1.54) is 0 Å². The molecule has 0 bridgehead atoms. The van der Waals surface area contributed by atoms with Gasteiger partial charge in [0.15, 0.2) is 0 Å². The summed E-state index contributed by atoms with van der Waals surface area (Å²) in [7, 11) is 0. The minimum absolute atomic E-state index is 0.263. The van der Waals surface area contributed by atoms with E-state index >= 15 is 0 Å². The van der Waals surface area contributed by atoms with E-state index in [4.69, 9.17) is 5.26 Å². The van der Waals surface area contributed by atoms with Crippen LogP contribution in [0.1, 0.15) is 31.0 Å². The largest absolute Gasteiger partial charge is 0.335 e. The molecule has 1 N–H and O–H groups in total. The summed E-state index contributed by atoms with van der Waals surface area (Å²) >= 11 is 0. The number of benzene rings is 2. The molecule has 142 valence electrons. The lowest BCUT2D eigenvalue weighted by Crippen LogP contribution is -2.43. The lowest BCUT2D eigenvalue weighted by molar-refractivity contribution is -0.133. The van der Waals surface area contributed by atoms with Crippen molar-refractivity contribution in [3.8, 4) is 6.07 Å². The molecule has 1 amide bonds. The van der Waals surface area contributed by atoms with Crippen LogP contribution in [0.3, 0.4) is 0 Å². The zero-order chi connectivity index (χ0) is 20.3. The molecule has 28 heavy (non-hydrogen) atoms. The van der Waals surface area contributed by atoms with Crippen LogP contribution in [0.2, 0.25) is 0 Å². The fourth-order valence-corrected chi connectivity index (χ4v) is 3.25. The topological polar surface area (TPSA) is 99.0 Å². The minimum Gasteiger partial charge on any atom is -0.335 e. The highest BCUT2D eigenvalue weighted by atomic mass is 16.2. The maximum Gasteiger partial charge on any atom is 0.329 e. The number of carbonyl (C=O) groups excluding carboxylic acids is 1. The van der Waals surface area contributed by atoms with Crippen LogP contribution in [-0.4, -0.2) is 26.9 Å². The van der Waals surface area contributed by atoms with Crippen molar-refractivity contribution >= 4 is 16.8 Å². The molecule has 0 aliphatic heterocycles. The summed E-state index contributed by atoms with van der Waals surface area (Å²) in [5, 5.41) is 9.28. The van der Waals surface area contributed by atoms with Crippen molar-refractivity contribution in [3.05, 3.63) is 80.5 Å². The maximum absolute atomic E-state index is 12.9. The normalized spacial score (nSPS) is 11.8. The molecule has 3 rings (SSSR count). The first-order valence-electron chi connectivity index (χ1n) is 8.97. The van der Waals surface area contributed by atoms with Gasteiger partial charge in [0, 0.05) is 6.54 Å². The molecule has 0 radical (unpaired) electrons. The summed E-state index contributed by atoms with van der Waals surface area (Å²) in [6.07, 6.45) is 0. The SMILES string of the molecule is CCN(C(=O)Cn1c(=O)[nH]c2ccccc2c1=O)C(C)c1ccc(C#N)cc1. The monoisotopic (exact) mass is 376 g/mol. The number of nitrogens with one attached hydrogen (secondary N) is 1. The van der Waals surface area contributed by atoms with Crippen molar-refractivity contribution in [2.24, 2.45) is 0 Å². The molecule has 0 aliphatic carbocycles. The van der Waals surface area contributed by atoms with Gasteiger partial charge in [-0.15, -0.1) is 0 Å². The summed E-state index contributed by atoms with van der Waals surface area (Å²) in [5.41, 5.74) is 0.752. The van der Waals surface area contributed by atoms with Gasteiger partial charge in [0.2, 0.25) is 5.91 Å². The smallest absolute Gasteiger partial charge is 0.329 e. The number of amides is 1. The number of aromatic amines is 1. The highest BCUT2D eigenvalue weighted by Gasteiger charge is 2.22. The van der Waals surface area contributed by atoms with Crippen LogP contribution < -0.4 is 11.2 Å². The molecule has 0 saturated carbocycles. The number of rotatable bonds is 5. The van der Waals surface area contributed by atoms with Crippen molar-refractivity contribution in [1.82, 2.24) is 14.5 Å². The van der Waals surface area contributed by atoms with E-state index in [-0.39, 0.29) is 18.5 Å². The molecule has 2 aromatic carbocycles. The molecule has 1 unspecified atom stereocenters. The first-order valence-corrected chi connectivity index (χ1v) is 8.97. The van der Waals surface area contributed by atoms with E-state index in [9.17, 15) is 14.4 Å². The van der Waals surface area contributed by atoms with Gasteiger partial charge in [-0.25, -0.2) is 4.79 Å². The average molecular weight is 376 g/mol. The number of nitrogens with zero attached hydrogens (tertiary/aromatic N) is 3. The van der Waals surface area contributed by atoms with E-state index in [1.807, 2.05) is 13.8 Å². The Morgan fingerprint density at radius 3 is 2.50 bits per heavy atom. The van der Waals surface area contributed by atoms with Crippen LogP contribution >= 0.6 is 0 Å². The van der Waals surface area contributed by atoms with Gasteiger partial charge in [-0.05, 0) is 43.7 Å². The first-order chi connectivity index (χ1) is 13.5. The van der Waals surface area contributed by atoms with Gasteiger partial charge in [-0.1, -0.05) is 24.3 Å². The molecule has 1 aromatic heterocycles. The van der Waals surface area contributed by atoms with Crippen molar-refractivity contribution in [2.75, 3.05) is 6.54 Å². The Kier molecular flexibility index (Phi) is 5.41. The van der Waals surface area contributed by atoms with Crippen molar-refractivity contribution < 1.29 is 4.79 Å². The van der Waals surface area contributed by atoms with Crippen LogP contribution in [0.25, 0.3) is 10.9 Å². The van der Waals surface area contributed by atoms with Crippen molar-refractivity contribution in [3.63, 3.8) is 0 Å². The predicted octanol–water partition coefficient (Wildman–Crippen LogP) is 2.17. The zero-order valence-electron chi connectivity index (χ0n) is 15.7. The molecule has 1 heterocycles. The fraction of sp³-hybridized carbons (Fsp3) is 0.238. The second kappa shape index (κ2) is 7.92. The Hall–Kier alpha value is -3.66. The van der Waals surface area contributed by atoms with Crippen LogP contribution in [0.15, 0.2) is 58.1 Å². The Labute approximate surface area is 161 Å². The first kappa shape index (κ1) is 19.1. The predicted molar refractivity (Wildman–Crippen MR) is 106 cm³/mol. The quantitative estimate of drug-likeness (QED) is 0.738. The summed E-state index contributed by atoms with van der Waals surface area (Å²) in [6, 6.07) is 15.5. The lowest BCUT2D eigenvalue weighted by atomic mass is 10.0. The van der Waals surface area contributed by atoms with Crippen molar-refractivity contribution in [2.45, 2.75) is 26.4 Å². The second-order valence-electron chi connectivity index (χ2n) is 6.46. The number of fused-ring (bicyclic) bond motifs is 1. The molecular formula is C21H20N4O3. The van der Waals surface area contributed by atoms with Gasteiger partial charge in [0.1, 0.15) is 6.54 Å². The van der Waals surface area contributed by atoms with Crippen LogP contribution in [0.4, 0.5) is 0 Å². The number of hydrogen-bond donors (Lipinski definition) is 1. The Balaban J connectivity index is 1.90. The molecule has 0 fully saturated rings. The van der Waals surface area contributed by atoms with Gasteiger partial charge in [-0.3, -0.25) is 14.2 Å². The van der Waals surface area contributed by atoms with Gasteiger partial charge >= 0.3 is 5.69 Å². The van der Waals surface area contributed by atoms with Crippen LogP contribution in [0.5, 0.6) is 0 Å². The summed E-state index contributed by atoms with van der Waals surface area (Å²) < 4.78 is 0.929. The maximum atomic E-state index is 12.9. The van der Waals surface area contributed by atoms with Crippen molar-refractivity contribution in [1.29, 1.82) is 5.26 Å². The molecule has 0 spiro atoms. The van der Waals surface area contributed by atoms with Gasteiger partial charge in [0.25, 0.3) is 5.56 Å². The number of aromatic nitrogens is 2. The number of para-hydroxylation sites is 1. The van der Waals surface area contributed by atoms with E-state index in [0.717, 1.165) is 10.1 Å². The summed E-state index contributed by atoms with van der Waals surface area (Å²) in [4.78, 5) is 42.1. The fourth-order valence-electron chi connectivity index (χ4n) is 3.25. The number of hydrogen-bond acceptors (Lipinski definition) is 4. The third kappa shape index (κ3) is 3.58. The molecule has 1 atom stereocenters. The Bertz CT molecular complexity index is 1170. The van der Waals surface area contributed by atoms with E-state index in [1.54, 1.807) is 53.4 Å². The third-order valence-corrected chi connectivity index (χ3v) is 4.83. The number of carbonyl (C=O) groups is 1. The standard InChI is InChI=1S/C21H20N4O3/c1-3-24(14(2)16-10-8-15(12-22)9-11-16)19(26)13-25-20(27)17-6-4-5-7-18(17)23-21(25)28/h4-11,14H,3,13H2,1-2H3,(H,23,28). The zero-order valence-corrected chi connectivity index (χ0v) is 15.7. The minimum atomic E-state index is -0.612. The third-order valence-electron chi connectivity index (χ3n) is 4.83. The second-order valence-corrected chi connectivity index (χ2v) is 6.46. The summed E-state index contributed by atoms with van der Waals surface area (Å²) in [5.74, 6) is -0.331. The van der Waals surface area contributed by atoms with Gasteiger partial charge < -0.3 is 9.88 Å². The molecule has 0 aliphatic rings. The molecule has 7 nitrogen and oxygen atoms in total. The number of H-pyrrole nitrogens is 1. The van der Waals surface area contributed by atoms with Gasteiger partial charge in [0.05, 0.1) is 28.6 Å². The molecular weight excluding hydrogens is 356 g/mol. The molecule has 0 saturated heterocycles. The average Bonchev–Trinajstić information content (AvgIpc) is 2.71. The van der Waals surface area contributed by atoms with E-state index in [0.29, 0.717) is 23.0 Å². The van der Waals surface area contributed by atoms with E-state index in [2.05, 4.69) is 11.1 Å². The van der Waals surface area contributed by atoms with Crippen LogP contribution in [-0.2, 0) is 11.3 Å². The molecule has 3 aromatic rings. The highest BCUT2D eigenvalue weighted by molar-refractivity contribution is 5.79. The highest BCUT2D eigenvalue weighted by Crippen LogP contribution is 2.20. The van der Waals surface area contributed by atoms with Gasteiger partial charge in [-0.2, -0.15) is 5.26 Å². The summed E-state index contributed by atoms with van der Waals surface area (Å²) in [6.45, 7) is 3.79. The Morgan fingerprint density at radius 1 is 1.18 bits per heavy atom. The lowest BCUT2D eigenvalue weighted by Gasteiger charge is -2.28. The number of likely N-dealkylation sites (N-methyl/N-ethyl adjacent to an activating group) is 1. The van der Waals surface area contributed by atoms with Crippen LogP contribution in [0, 0.1) is 11.3 Å².